The van der Waals surface area contributed by atoms with Gasteiger partial charge in [0.25, 0.3) is 0 Å². The van der Waals surface area contributed by atoms with Gasteiger partial charge in [-0.15, -0.1) is 0 Å². The number of benzene rings is 1. The summed E-state index contributed by atoms with van der Waals surface area (Å²) in [5, 5.41) is 3.60. The molecule has 0 aliphatic carbocycles. The Bertz CT molecular complexity index is 359. The molecule has 2 heteroatoms. The molecule has 0 saturated heterocycles. The standard InChI is InChI=1S/C17H30N2/c1-14(2)18-12-17(5,13-19(6)15(3)4)16-10-8-7-9-11-16/h7-11,14-15,18H,12-13H2,1-6H3. The number of rotatable bonds is 7. The fourth-order valence-corrected chi connectivity index (χ4v) is 2.25. The van der Waals surface area contributed by atoms with Crippen molar-refractivity contribution in [2.24, 2.45) is 0 Å². The zero-order valence-corrected chi connectivity index (χ0v) is 13.4. The molecule has 1 aromatic rings. The first-order valence-corrected chi connectivity index (χ1v) is 7.34. The normalized spacial score (nSPS) is 15.2. The quantitative estimate of drug-likeness (QED) is 0.811. The second-order valence-electron chi connectivity index (χ2n) is 6.47. The first-order chi connectivity index (χ1) is 8.85. The molecule has 108 valence electrons. The molecule has 1 aromatic carbocycles. The molecule has 0 aromatic heterocycles. The van der Waals surface area contributed by atoms with Crippen molar-refractivity contribution >= 4 is 0 Å². The highest BCUT2D eigenvalue weighted by atomic mass is 15.1. The lowest BCUT2D eigenvalue weighted by Crippen LogP contribution is -2.47. The molecule has 0 aliphatic rings. The third-order valence-electron chi connectivity index (χ3n) is 3.85. The Morgan fingerprint density at radius 1 is 1.11 bits per heavy atom. The van der Waals surface area contributed by atoms with Crippen LogP contribution in [-0.2, 0) is 5.41 Å². The summed E-state index contributed by atoms with van der Waals surface area (Å²) in [5.41, 5.74) is 1.56. The van der Waals surface area contributed by atoms with E-state index in [0.717, 1.165) is 13.1 Å². The fraction of sp³-hybridized carbons (Fsp3) is 0.647. The van der Waals surface area contributed by atoms with Crippen LogP contribution in [0.3, 0.4) is 0 Å². The fourth-order valence-electron chi connectivity index (χ4n) is 2.25. The highest BCUT2D eigenvalue weighted by molar-refractivity contribution is 5.25. The van der Waals surface area contributed by atoms with Gasteiger partial charge in [0.2, 0.25) is 0 Å². The van der Waals surface area contributed by atoms with Crippen molar-refractivity contribution in [3.8, 4) is 0 Å². The van der Waals surface area contributed by atoms with Crippen LogP contribution in [-0.4, -0.2) is 37.1 Å². The Morgan fingerprint density at radius 3 is 2.16 bits per heavy atom. The van der Waals surface area contributed by atoms with E-state index >= 15 is 0 Å². The summed E-state index contributed by atoms with van der Waals surface area (Å²) in [6.45, 7) is 13.3. The highest BCUT2D eigenvalue weighted by Crippen LogP contribution is 2.24. The van der Waals surface area contributed by atoms with Gasteiger partial charge in [-0.05, 0) is 26.5 Å². The molecule has 0 fully saturated rings. The van der Waals surface area contributed by atoms with Crippen LogP contribution >= 0.6 is 0 Å². The van der Waals surface area contributed by atoms with Crippen LogP contribution in [0.1, 0.15) is 40.2 Å². The molecule has 1 unspecified atom stereocenters. The molecule has 1 N–H and O–H groups in total. The topological polar surface area (TPSA) is 15.3 Å². The van der Waals surface area contributed by atoms with Gasteiger partial charge in [-0.3, -0.25) is 0 Å². The molecule has 0 aliphatic heterocycles. The van der Waals surface area contributed by atoms with Gasteiger partial charge in [0.05, 0.1) is 0 Å². The maximum atomic E-state index is 3.60. The minimum atomic E-state index is 0.143. The molecular formula is C17H30N2. The largest absolute Gasteiger partial charge is 0.314 e. The van der Waals surface area contributed by atoms with Crippen LogP contribution in [0.5, 0.6) is 0 Å². The Labute approximate surface area is 119 Å². The lowest BCUT2D eigenvalue weighted by atomic mass is 9.81. The van der Waals surface area contributed by atoms with E-state index in [0.29, 0.717) is 12.1 Å². The smallest absolute Gasteiger partial charge is 0.0177 e. The molecule has 0 bridgehead atoms. The third-order valence-corrected chi connectivity index (χ3v) is 3.85. The van der Waals surface area contributed by atoms with Crippen molar-refractivity contribution in [2.45, 2.75) is 52.1 Å². The molecule has 1 rings (SSSR count). The van der Waals surface area contributed by atoms with Crippen molar-refractivity contribution in [2.75, 3.05) is 20.1 Å². The van der Waals surface area contributed by atoms with Crippen LogP contribution in [0.4, 0.5) is 0 Å². The van der Waals surface area contributed by atoms with Crippen molar-refractivity contribution in [3.05, 3.63) is 35.9 Å². The maximum absolute atomic E-state index is 3.60. The van der Waals surface area contributed by atoms with Gasteiger partial charge in [0.15, 0.2) is 0 Å². The lowest BCUT2D eigenvalue weighted by Gasteiger charge is -2.37. The molecule has 0 radical (unpaired) electrons. The number of likely N-dealkylation sites (N-methyl/N-ethyl adjacent to an activating group) is 1. The van der Waals surface area contributed by atoms with Crippen molar-refractivity contribution in [3.63, 3.8) is 0 Å². The molecular weight excluding hydrogens is 232 g/mol. The molecule has 2 nitrogen and oxygen atoms in total. The molecule has 0 saturated carbocycles. The Kier molecular flexibility index (Phi) is 6.02. The number of nitrogens with one attached hydrogen (secondary N) is 1. The Hall–Kier alpha value is -0.860. The predicted octanol–water partition coefficient (Wildman–Crippen LogP) is 3.28. The average molecular weight is 262 g/mol. The third kappa shape index (κ3) is 4.96. The SMILES string of the molecule is CC(C)NCC(C)(CN(C)C(C)C)c1ccccc1. The van der Waals surface area contributed by atoms with Crippen LogP contribution in [0.25, 0.3) is 0 Å². The number of hydrogen-bond donors (Lipinski definition) is 1. The van der Waals surface area contributed by atoms with E-state index in [1.54, 1.807) is 0 Å². The summed E-state index contributed by atoms with van der Waals surface area (Å²) >= 11 is 0. The summed E-state index contributed by atoms with van der Waals surface area (Å²) in [6, 6.07) is 11.9. The van der Waals surface area contributed by atoms with Gasteiger partial charge >= 0.3 is 0 Å². The first-order valence-electron chi connectivity index (χ1n) is 7.34. The van der Waals surface area contributed by atoms with Gasteiger partial charge in [-0.2, -0.15) is 0 Å². The molecule has 1 atom stereocenters. The van der Waals surface area contributed by atoms with Crippen molar-refractivity contribution in [1.82, 2.24) is 10.2 Å². The van der Waals surface area contributed by atoms with Gasteiger partial charge < -0.3 is 10.2 Å². The predicted molar refractivity (Wildman–Crippen MR) is 84.7 cm³/mol. The summed E-state index contributed by atoms with van der Waals surface area (Å²) in [6.07, 6.45) is 0. The van der Waals surface area contributed by atoms with Gasteiger partial charge in [-0.25, -0.2) is 0 Å². The van der Waals surface area contributed by atoms with Gasteiger partial charge in [-0.1, -0.05) is 51.1 Å². The zero-order chi connectivity index (χ0) is 14.5. The van der Waals surface area contributed by atoms with E-state index in [-0.39, 0.29) is 5.41 Å². The number of hydrogen-bond acceptors (Lipinski definition) is 2. The average Bonchev–Trinajstić information content (AvgIpc) is 2.37. The van der Waals surface area contributed by atoms with E-state index in [4.69, 9.17) is 0 Å². The molecule has 19 heavy (non-hydrogen) atoms. The van der Waals surface area contributed by atoms with E-state index < -0.39 is 0 Å². The minimum Gasteiger partial charge on any atom is -0.314 e. The van der Waals surface area contributed by atoms with Crippen LogP contribution in [0.15, 0.2) is 30.3 Å². The monoisotopic (exact) mass is 262 g/mol. The van der Waals surface area contributed by atoms with Crippen LogP contribution < -0.4 is 5.32 Å². The first kappa shape index (κ1) is 16.2. The van der Waals surface area contributed by atoms with Gasteiger partial charge in [0.1, 0.15) is 0 Å². The summed E-state index contributed by atoms with van der Waals surface area (Å²) in [4.78, 5) is 2.43. The van der Waals surface area contributed by atoms with E-state index in [9.17, 15) is 0 Å². The van der Waals surface area contributed by atoms with Gasteiger partial charge in [0, 0.05) is 30.6 Å². The Balaban J connectivity index is 2.90. The van der Waals surface area contributed by atoms with E-state index in [2.05, 4.69) is 82.2 Å². The highest BCUT2D eigenvalue weighted by Gasteiger charge is 2.28. The number of nitrogens with zero attached hydrogens (tertiary/aromatic N) is 1. The summed E-state index contributed by atoms with van der Waals surface area (Å²) < 4.78 is 0. The lowest BCUT2D eigenvalue weighted by molar-refractivity contribution is 0.208. The van der Waals surface area contributed by atoms with Crippen LogP contribution in [0.2, 0.25) is 0 Å². The zero-order valence-electron chi connectivity index (χ0n) is 13.4. The summed E-state index contributed by atoms with van der Waals surface area (Å²) in [5.74, 6) is 0. The maximum Gasteiger partial charge on any atom is 0.0177 e. The summed E-state index contributed by atoms with van der Waals surface area (Å²) in [7, 11) is 2.21. The van der Waals surface area contributed by atoms with Crippen molar-refractivity contribution < 1.29 is 0 Å². The van der Waals surface area contributed by atoms with Crippen LogP contribution in [0, 0.1) is 0 Å². The molecule has 0 heterocycles. The Morgan fingerprint density at radius 2 is 1.68 bits per heavy atom. The molecule has 0 spiro atoms. The second kappa shape index (κ2) is 7.06. The molecule has 0 amide bonds. The van der Waals surface area contributed by atoms with E-state index in [1.807, 2.05) is 0 Å². The minimum absolute atomic E-state index is 0.143. The van der Waals surface area contributed by atoms with E-state index in [1.165, 1.54) is 5.56 Å². The van der Waals surface area contributed by atoms with Crippen molar-refractivity contribution in [1.29, 1.82) is 0 Å². The second-order valence-corrected chi connectivity index (χ2v) is 6.47.